The lowest BCUT2D eigenvalue weighted by atomic mass is 10.2. The van der Waals surface area contributed by atoms with Gasteiger partial charge in [-0.3, -0.25) is 9.59 Å². The fourth-order valence-electron chi connectivity index (χ4n) is 1.48. The van der Waals surface area contributed by atoms with Gasteiger partial charge in [0.15, 0.2) is 5.69 Å². The van der Waals surface area contributed by atoms with Gasteiger partial charge in [0.25, 0.3) is 5.91 Å². The van der Waals surface area contributed by atoms with Crippen LogP contribution < -0.4 is 0 Å². The maximum absolute atomic E-state index is 12.1. The second kappa shape index (κ2) is 7.13. The summed E-state index contributed by atoms with van der Waals surface area (Å²) in [6.45, 7) is 1.67. The zero-order chi connectivity index (χ0) is 14.4. The number of carbonyl (C=O) groups excluding carboxylic acids is 1. The van der Waals surface area contributed by atoms with Gasteiger partial charge in [-0.25, -0.2) is 4.68 Å². The van der Waals surface area contributed by atoms with Gasteiger partial charge in [0.05, 0.1) is 6.20 Å². The van der Waals surface area contributed by atoms with Crippen molar-refractivity contribution >= 4 is 23.6 Å². The Labute approximate surface area is 116 Å². The van der Waals surface area contributed by atoms with E-state index in [2.05, 4.69) is 10.3 Å². The van der Waals surface area contributed by atoms with Gasteiger partial charge < -0.3 is 10.0 Å². The Hall–Kier alpha value is -1.57. The van der Waals surface area contributed by atoms with Crippen LogP contribution in [0.5, 0.6) is 0 Å². The molecule has 19 heavy (non-hydrogen) atoms. The molecule has 0 aromatic carbocycles. The predicted octanol–water partition coefficient (Wildman–Crippen LogP) is 0.576. The largest absolute Gasteiger partial charge is 0.480 e. The third-order valence-electron chi connectivity index (χ3n) is 2.78. The van der Waals surface area contributed by atoms with E-state index in [1.165, 1.54) is 6.20 Å². The van der Waals surface area contributed by atoms with Crippen LogP contribution in [-0.2, 0) is 11.3 Å². The number of aromatic nitrogens is 3. The average Bonchev–Trinajstić information content (AvgIpc) is 2.81. The van der Waals surface area contributed by atoms with E-state index in [0.29, 0.717) is 0 Å². The van der Waals surface area contributed by atoms with Gasteiger partial charge >= 0.3 is 5.97 Å². The number of amides is 1. The molecule has 1 rings (SSSR count). The van der Waals surface area contributed by atoms with Gasteiger partial charge in [-0.1, -0.05) is 5.21 Å². The maximum atomic E-state index is 12.1. The maximum Gasteiger partial charge on any atom is 0.325 e. The second-order valence-corrected chi connectivity index (χ2v) is 5.23. The number of hydrogen-bond donors (Lipinski definition) is 1. The summed E-state index contributed by atoms with van der Waals surface area (Å²) < 4.78 is 1.13. The van der Waals surface area contributed by atoms with Gasteiger partial charge in [0.1, 0.15) is 6.54 Å². The van der Waals surface area contributed by atoms with E-state index in [9.17, 15) is 9.59 Å². The fourth-order valence-corrected chi connectivity index (χ4v) is 2.05. The van der Waals surface area contributed by atoms with Crippen molar-refractivity contribution in [3.05, 3.63) is 11.9 Å². The highest BCUT2D eigenvalue weighted by molar-refractivity contribution is 7.98. The van der Waals surface area contributed by atoms with Gasteiger partial charge in [0.2, 0.25) is 0 Å². The van der Waals surface area contributed by atoms with Crippen LogP contribution >= 0.6 is 11.8 Å². The third-order valence-corrected chi connectivity index (χ3v) is 3.42. The lowest BCUT2D eigenvalue weighted by Gasteiger charge is -2.23. The number of thioether (sulfide) groups is 1. The first-order valence-corrected chi connectivity index (χ1v) is 7.23. The van der Waals surface area contributed by atoms with Crippen molar-refractivity contribution in [1.29, 1.82) is 0 Å². The molecule has 0 aliphatic carbocycles. The second-order valence-electron chi connectivity index (χ2n) is 4.24. The summed E-state index contributed by atoms with van der Waals surface area (Å²) in [5, 5.41) is 15.9. The molecular formula is C11H18N4O3S. The van der Waals surface area contributed by atoms with Gasteiger partial charge in [-0.15, -0.1) is 5.10 Å². The van der Waals surface area contributed by atoms with Crippen molar-refractivity contribution in [3.63, 3.8) is 0 Å². The van der Waals surface area contributed by atoms with Crippen LogP contribution in [-0.4, -0.2) is 62.0 Å². The van der Waals surface area contributed by atoms with Crippen molar-refractivity contribution in [2.24, 2.45) is 0 Å². The lowest BCUT2D eigenvalue weighted by molar-refractivity contribution is -0.137. The quantitative estimate of drug-likeness (QED) is 0.788. The van der Waals surface area contributed by atoms with Gasteiger partial charge in [-0.2, -0.15) is 11.8 Å². The molecule has 0 aliphatic heterocycles. The first-order chi connectivity index (χ1) is 8.95. The third kappa shape index (κ3) is 4.55. The summed E-state index contributed by atoms with van der Waals surface area (Å²) in [6, 6.07) is 0.101. The minimum absolute atomic E-state index is 0.101. The van der Waals surface area contributed by atoms with Crippen LogP contribution in [0.3, 0.4) is 0 Å². The van der Waals surface area contributed by atoms with E-state index >= 15 is 0 Å². The molecule has 1 N–H and O–H groups in total. The Morgan fingerprint density at radius 1 is 1.58 bits per heavy atom. The number of aliphatic carboxylic acids is 1. The van der Waals surface area contributed by atoms with Gasteiger partial charge in [-0.05, 0) is 25.4 Å². The summed E-state index contributed by atoms with van der Waals surface area (Å²) in [7, 11) is 1.71. The molecule has 0 bridgehead atoms. The van der Waals surface area contributed by atoms with Crippen LogP contribution in [0.1, 0.15) is 23.8 Å². The minimum atomic E-state index is -1.02. The molecule has 0 aliphatic rings. The van der Waals surface area contributed by atoms with Crippen LogP contribution in [0.25, 0.3) is 0 Å². The molecule has 1 heterocycles. The van der Waals surface area contributed by atoms with E-state index in [0.717, 1.165) is 16.9 Å². The van der Waals surface area contributed by atoms with E-state index in [-0.39, 0.29) is 24.2 Å². The number of rotatable bonds is 7. The first-order valence-electron chi connectivity index (χ1n) is 5.83. The molecule has 0 saturated carbocycles. The number of hydrogen-bond acceptors (Lipinski definition) is 5. The Morgan fingerprint density at radius 2 is 2.26 bits per heavy atom. The molecule has 0 spiro atoms. The predicted molar refractivity (Wildman–Crippen MR) is 72.2 cm³/mol. The van der Waals surface area contributed by atoms with Crippen LogP contribution in [0.4, 0.5) is 0 Å². The fraction of sp³-hybridized carbons (Fsp3) is 0.636. The minimum Gasteiger partial charge on any atom is -0.480 e. The van der Waals surface area contributed by atoms with E-state index in [1.54, 1.807) is 23.7 Å². The van der Waals surface area contributed by atoms with E-state index in [4.69, 9.17) is 5.11 Å². The SMILES string of the molecule is CSCCC(C)N(C)C(=O)c1cn(CC(=O)O)nn1. The highest BCUT2D eigenvalue weighted by Gasteiger charge is 2.20. The van der Waals surface area contributed by atoms with Crippen molar-refractivity contribution in [2.45, 2.75) is 25.9 Å². The Bertz CT molecular complexity index is 449. The summed E-state index contributed by atoms with van der Waals surface area (Å²) >= 11 is 1.73. The van der Waals surface area contributed by atoms with E-state index < -0.39 is 5.97 Å². The van der Waals surface area contributed by atoms with Crippen LogP contribution in [0.2, 0.25) is 0 Å². The highest BCUT2D eigenvalue weighted by atomic mass is 32.2. The monoisotopic (exact) mass is 286 g/mol. The molecule has 1 aromatic rings. The Balaban J connectivity index is 2.65. The molecule has 1 atom stereocenters. The zero-order valence-corrected chi connectivity index (χ0v) is 12.1. The van der Waals surface area contributed by atoms with Crippen molar-refractivity contribution < 1.29 is 14.7 Å². The molecule has 1 amide bonds. The lowest BCUT2D eigenvalue weighted by Crippen LogP contribution is -2.35. The molecular weight excluding hydrogens is 268 g/mol. The molecule has 8 heteroatoms. The molecule has 0 radical (unpaired) electrons. The molecule has 106 valence electrons. The van der Waals surface area contributed by atoms with Gasteiger partial charge in [0, 0.05) is 13.1 Å². The Morgan fingerprint density at radius 3 is 2.84 bits per heavy atom. The number of carbonyl (C=O) groups is 2. The van der Waals surface area contributed by atoms with Crippen molar-refractivity contribution in [2.75, 3.05) is 19.1 Å². The number of carboxylic acids is 1. The van der Waals surface area contributed by atoms with Crippen LogP contribution in [0, 0.1) is 0 Å². The number of carboxylic acid groups (broad SMARTS) is 1. The molecule has 0 fully saturated rings. The summed E-state index contributed by atoms with van der Waals surface area (Å²) in [4.78, 5) is 24.2. The summed E-state index contributed by atoms with van der Waals surface area (Å²) in [6.07, 6.45) is 4.27. The Kier molecular flexibility index (Phi) is 5.81. The summed E-state index contributed by atoms with van der Waals surface area (Å²) in [5.41, 5.74) is 0.166. The molecule has 1 unspecified atom stereocenters. The zero-order valence-electron chi connectivity index (χ0n) is 11.2. The summed E-state index contributed by atoms with van der Waals surface area (Å²) in [5.74, 6) is -0.291. The standard InChI is InChI=1S/C11H18N4O3S/c1-8(4-5-19-3)14(2)11(18)9-6-15(13-12-9)7-10(16)17/h6,8H,4-5,7H2,1-3H3,(H,16,17). The molecule has 0 saturated heterocycles. The smallest absolute Gasteiger partial charge is 0.325 e. The normalized spacial score (nSPS) is 12.2. The van der Waals surface area contributed by atoms with Crippen molar-refractivity contribution in [3.8, 4) is 0 Å². The number of nitrogens with zero attached hydrogens (tertiary/aromatic N) is 4. The average molecular weight is 286 g/mol. The molecule has 1 aromatic heterocycles. The molecule has 7 nitrogen and oxygen atoms in total. The topological polar surface area (TPSA) is 88.3 Å². The first kappa shape index (κ1) is 15.5. The van der Waals surface area contributed by atoms with Crippen LogP contribution in [0.15, 0.2) is 6.20 Å². The van der Waals surface area contributed by atoms with Crippen molar-refractivity contribution in [1.82, 2.24) is 19.9 Å². The van der Waals surface area contributed by atoms with E-state index in [1.807, 2.05) is 13.2 Å². The highest BCUT2D eigenvalue weighted by Crippen LogP contribution is 2.09.